The summed E-state index contributed by atoms with van der Waals surface area (Å²) in [6.45, 7) is 6.18. The first-order valence-electron chi connectivity index (χ1n) is 9.04. The lowest BCUT2D eigenvalue weighted by atomic mass is 10.1. The van der Waals surface area contributed by atoms with E-state index in [-0.39, 0.29) is 6.54 Å². The molecule has 0 radical (unpaired) electrons. The van der Waals surface area contributed by atoms with Gasteiger partial charge >= 0.3 is 17.8 Å². The molecule has 1 saturated heterocycles. The van der Waals surface area contributed by atoms with E-state index >= 15 is 0 Å². The third kappa shape index (κ3) is 4.71. The molecule has 5 amide bonds. The Morgan fingerprint density at radius 1 is 1.11 bits per heavy atom. The Labute approximate surface area is 158 Å². The number of carbonyl (C=O) groups is 4. The van der Waals surface area contributed by atoms with Gasteiger partial charge in [0.15, 0.2) is 0 Å². The minimum atomic E-state index is -0.980. The van der Waals surface area contributed by atoms with E-state index in [1.165, 1.54) is 0 Å². The summed E-state index contributed by atoms with van der Waals surface area (Å²) in [4.78, 5) is 50.4. The van der Waals surface area contributed by atoms with E-state index in [2.05, 4.69) is 5.32 Å². The van der Waals surface area contributed by atoms with Crippen LogP contribution in [0, 0.1) is 6.92 Å². The van der Waals surface area contributed by atoms with Gasteiger partial charge in [-0.1, -0.05) is 25.1 Å². The van der Waals surface area contributed by atoms with Crippen LogP contribution >= 0.6 is 0 Å². The summed E-state index contributed by atoms with van der Waals surface area (Å²) in [5.41, 5.74) is 2.51. The molecule has 146 valence electrons. The normalized spacial score (nSPS) is 14.3. The number of rotatable bonds is 9. The number of amides is 5. The standard InChI is InChI=1S/C19H25N3O5/c1-4-14-9-6-8-13(3)16(14)20-15(23)12-22-18(25)17(24)21(19(22)26)10-7-11-27-5-2/h6,8-9H,4-5,7,10-12H2,1-3H3,(H,20,23). The van der Waals surface area contributed by atoms with Crippen LogP contribution in [0.1, 0.15) is 31.4 Å². The molecule has 1 aliphatic rings. The van der Waals surface area contributed by atoms with Crippen molar-refractivity contribution >= 4 is 29.4 Å². The molecule has 1 fully saturated rings. The van der Waals surface area contributed by atoms with E-state index in [1.807, 2.05) is 39.0 Å². The number of imide groups is 2. The van der Waals surface area contributed by atoms with Crippen LogP contribution in [0.3, 0.4) is 0 Å². The molecule has 0 aliphatic carbocycles. The van der Waals surface area contributed by atoms with E-state index in [9.17, 15) is 19.2 Å². The maximum Gasteiger partial charge on any atom is 0.334 e. The number of anilines is 1. The number of benzene rings is 1. The molecule has 2 rings (SSSR count). The van der Waals surface area contributed by atoms with Crippen LogP contribution in [0.25, 0.3) is 0 Å². The second kappa shape index (κ2) is 9.27. The summed E-state index contributed by atoms with van der Waals surface area (Å²) in [5, 5.41) is 2.75. The fourth-order valence-electron chi connectivity index (χ4n) is 2.88. The predicted octanol–water partition coefficient (Wildman–Crippen LogP) is 1.71. The average molecular weight is 375 g/mol. The minimum absolute atomic E-state index is 0.0826. The number of nitrogens with zero attached hydrogens (tertiary/aromatic N) is 2. The van der Waals surface area contributed by atoms with Crippen LogP contribution in [0.2, 0.25) is 0 Å². The lowest BCUT2D eigenvalue weighted by molar-refractivity contribution is -0.143. The summed E-state index contributed by atoms with van der Waals surface area (Å²) in [6, 6.07) is 4.90. The topological polar surface area (TPSA) is 96.0 Å². The van der Waals surface area contributed by atoms with Crippen LogP contribution in [0.5, 0.6) is 0 Å². The zero-order valence-corrected chi connectivity index (χ0v) is 15.9. The molecule has 0 aromatic heterocycles. The number of hydrogen-bond donors (Lipinski definition) is 1. The second-order valence-corrected chi connectivity index (χ2v) is 6.19. The molecule has 1 N–H and O–H groups in total. The number of ether oxygens (including phenoxy) is 1. The van der Waals surface area contributed by atoms with Crippen molar-refractivity contribution in [1.29, 1.82) is 0 Å². The Balaban J connectivity index is 2.02. The van der Waals surface area contributed by atoms with Gasteiger partial charge in [0.1, 0.15) is 6.54 Å². The highest BCUT2D eigenvalue weighted by Crippen LogP contribution is 2.21. The molecule has 27 heavy (non-hydrogen) atoms. The van der Waals surface area contributed by atoms with Gasteiger partial charge in [0.05, 0.1) is 0 Å². The van der Waals surface area contributed by atoms with Crippen molar-refractivity contribution in [3.05, 3.63) is 29.3 Å². The van der Waals surface area contributed by atoms with Gasteiger partial charge in [-0.15, -0.1) is 0 Å². The molecule has 0 unspecified atom stereocenters. The number of para-hydroxylation sites is 1. The zero-order valence-electron chi connectivity index (χ0n) is 15.9. The van der Waals surface area contributed by atoms with Gasteiger partial charge in [0.25, 0.3) is 0 Å². The number of hydrogen-bond acceptors (Lipinski definition) is 5. The Morgan fingerprint density at radius 3 is 2.48 bits per heavy atom. The minimum Gasteiger partial charge on any atom is -0.382 e. The molecule has 0 bridgehead atoms. The predicted molar refractivity (Wildman–Crippen MR) is 99.1 cm³/mol. The molecular formula is C19H25N3O5. The van der Waals surface area contributed by atoms with Crippen molar-refractivity contribution in [2.75, 3.05) is 31.6 Å². The summed E-state index contributed by atoms with van der Waals surface area (Å²) in [6.07, 6.45) is 1.16. The van der Waals surface area contributed by atoms with Gasteiger partial charge < -0.3 is 10.1 Å². The van der Waals surface area contributed by atoms with Gasteiger partial charge in [-0.05, 0) is 37.8 Å². The molecule has 8 nitrogen and oxygen atoms in total. The van der Waals surface area contributed by atoms with Crippen LogP contribution in [-0.2, 0) is 25.5 Å². The smallest absolute Gasteiger partial charge is 0.334 e. The Kier molecular flexibility index (Phi) is 7.06. The second-order valence-electron chi connectivity index (χ2n) is 6.19. The highest BCUT2D eigenvalue weighted by atomic mass is 16.5. The Bertz CT molecular complexity index is 747. The summed E-state index contributed by atoms with van der Waals surface area (Å²) in [7, 11) is 0. The maximum atomic E-state index is 12.4. The van der Waals surface area contributed by atoms with Crippen LogP contribution in [-0.4, -0.2) is 59.9 Å². The first-order chi connectivity index (χ1) is 12.9. The van der Waals surface area contributed by atoms with Crippen molar-refractivity contribution in [3.8, 4) is 0 Å². The van der Waals surface area contributed by atoms with E-state index in [4.69, 9.17) is 4.74 Å². The molecule has 1 aromatic rings. The van der Waals surface area contributed by atoms with Crippen molar-refractivity contribution in [2.45, 2.75) is 33.6 Å². The zero-order chi connectivity index (χ0) is 20.0. The molecule has 1 aromatic carbocycles. The van der Waals surface area contributed by atoms with Gasteiger partial charge in [-0.25, -0.2) is 9.69 Å². The summed E-state index contributed by atoms with van der Waals surface area (Å²) < 4.78 is 5.17. The van der Waals surface area contributed by atoms with Gasteiger partial charge in [-0.3, -0.25) is 19.3 Å². The summed E-state index contributed by atoms with van der Waals surface area (Å²) in [5.74, 6) is -2.41. The number of carbonyl (C=O) groups excluding carboxylic acids is 4. The highest BCUT2D eigenvalue weighted by molar-refractivity contribution is 6.45. The lowest BCUT2D eigenvalue weighted by Gasteiger charge is -2.17. The molecule has 0 spiro atoms. The van der Waals surface area contributed by atoms with Crippen LogP contribution < -0.4 is 5.32 Å². The molecule has 0 saturated carbocycles. The number of aryl methyl sites for hydroxylation is 2. The quantitative estimate of drug-likeness (QED) is 0.403. The van der Waals surface area contributed by atoms with E-state index in [0.29, 0.717) is 30.2 Å². The third-order valence-corrected chi connectivity index (χ3v) is 4.32. The van der Waals surface area contributed by atoms with Gasteiger partial charge in [0, 0.05) is 25.4 Å². The van der Waals surface area contributed by atoms with Crippen molar-refractivity contribution < 1.29 is 23.9 Å². The van der Waals surface area contributed by atoms with Crippen molar-refractivity contribution in [1.82, 2.24) is 9.80 Å². The third-order valence-electron chi connectivity index (χ3n) is 4.32. The first-order valence-corrected chi connectivity index (χ1v) is 9.04. The lowest BCUT2D eigenvalue weighted by Crippen LogP contribution is -2.39. The molecule has 8 heteroatoms. The van der Waals surface area contributed by atoms with E-state index < -0.39 is 30.3 Å². The number of urea groups is 1. The highest BCUT2D eigenvalue weighted by Gasteiger charge is 2.44. The summed E-state index contributed by atoms with van der Waals surface area (Å²) >= 11 is 0. The SMILES string of the molecule is CCOCCCN1C(=O)C(=O)N(CC(=O)Nc2c(C)cccc2CC)C1=O. The fourth-order valence-corrected chi connectivity index (χ4v) is 2.88. The van der Waals surface area contributed by atoms with Crippen molar-refractivity contribution in [2.24, 2.45) is 0 Å². The Hall–Kier alpha value is -2.74. The Morgan fingerprint density at radius 2 is 1.81 bits per heavy atom. The van der Waals surface area contributed by atoms with Gasteiger partial charge in [-0.2, -0.15) is 0 Å². The molecule has 1 heterocycles. The van der Waals surface area contributed by atoms with Crippen molar-refractivity contribution in [3.63, 3.8) is 0 Å². The molecular weight excluding hydrogens is 350 g/mol. The number of nitrogens with one attached hydrogen (secondary N) is 1. The van der Waals surface area contributed by atoms with Crippen LogP contribution in [0.4, 0.5) is 10.5 Å². The van der Waals surface area contributed by atoms with E-state index in [0.717, 1.165) is 22.4 Å². The fraction of sp³-hybridized carbons (Fsp3) is 0.474. The maximum absolute atomic E-state index is 12.4. The largest absolute Gasteiger partial charge is 0.382 e. The molecule has 0 atom stereocenters. The van der Waals surface area contributed by atoms with Gasteiger partial charge in [0.2, 0.25) is 5.91 Å². The average Bonchev–Trinajstić information content (AvgIpc) is 2.84. The molecule has 1 aliphatic heterocycles. The first kappa shape index (κ1) is 20.6. The van der Waals surface area contributed by atoms with E-state index in [1.54, 1.807) is 0 Å². The monoisotopic (exact) mass is 375 g/mol. The van der Waals surface area contributed by atoms with Crippen LogP contribution in [0.15, 0.2) is 18.2 Å².